The normalized spacial score (nSPS) is 10.4. The first-order chi connectivity index (χ1) is 6.90. The lowest BCUT2D eigenvalue weighted by molar-refractivity contribution is 0.427. The average Bonchev–Trinajstić information content (AvgIpc) is 2.68. The van der Waals surface area contributed by atoms with Gasteiger partial charge in [0, 0.05) is 11.8 Å². The SMILES string of the molecule is FCCn1cc(-c2ccccc2)cn1. The molecule has 1 heterocycles. The molecule has 2 aromatic rings. The van der Waals surface area contributed by atoms with Crippen molar-refractivity contribution in [2.45, 2.75) is 6.54 Å². The van der Waals surface area contributed by atoms with E-state index in [-0.39, 0.29) is 6.67 Å². The molecular weight excluding hydrogens is 179 g/mol. The quantitative estimate of drug-likeness (QED) is 0.727. The van der Waals surface area contributed by atoms with Gasteiger partial charge in [0.2, 0.25) is 0 Å². The summed E-state index contributed by atoms with van der Waals surface area (Å²) in [5.74, 6) is 0. The van der Waals surface area contributed by atoms with Crippen molar-refractivity contribution in [1.29, 1.82) is 0 Å². The third-order valence-electron chi connectivity index (χ3n) is 2.05. The summed E-state index contributed by atoms with van der Waals surface area (Å²) in [7, 11) is 0. The molecule has 0 spiro atoms. The smallest absolute Gasteiger partial charge is 0.109 e. The second kappa shape index (κ2) is 4.05. The van der Waals surface area contributed by atoms with Gasteiger partial charge in [-0.05, 0) is 5.56 Å². The Morgan fingerprint density at radius 1 is 1.14 bits per heavy atom. The molecule has 0 radical (unpaired) electrons. The summed E-state index contributed by atoms with van der Waals surface area (Å²) in [5.41, 5.74) is 2.14. The molecule has 0 saturated carbocycles. The maximum Gasteiger partial charge on any atom is 0.109 e. The lowest BCUT2D eigenvalue weighted by Crippen LogP contribution is -1.98. The Kier molecular flexibility index (Phi) is 2.58. The first kappa shape index (κ1) is 8.94. The Morgan fingerprint density at radius 3 is 2.64 bits per heavy atom. The van der Waals surface area contributed by atoms with Gasteiger partial charge in [-0.3, -0.25) is 4.68 Å². The Morgan fingerprint density at radius 2 is 1.93 bits per heavy atom. The first-order valence-corrected chi connectivity index (χ1v) is 4.54. The number of aryl methyl sites for hydroxylation is 1. The number of hydrogen-bond acceptors (Lipinski definition) is 1. The van der Waals surface area contributed by atoms with Gasteiger partial charge < -0.3 is 0 Å². The van der Waals surface area contributed by atoms with Crippen LogP contribution in [-0.4, -0.2) is 16.5 Å². The van der Waals surface area contributed by atoms with Gasteiger partial charge >= 0.3 is 0 Å². The predicted molar refractivity (Wildman–Crippen MR) is 53.6 cm³/mol. The van der Waals surface area contributed by atoms with Crippen molar-refractivity contribution < 1.29 is 4.39 Å². The molecule has 0 aliphatic rings. The van der Waals surface area contributed by atoms with Crippen LogP contribution in [0.4, 0.5) is 4.39 Å². The minimum absolute atomic E-state index is 0.326. The van der Waals surface area contributed by atoms with E-state index in [4.69, 9.17) is 0 Å². The van der Waals surface area contributed by atoms with E-state index in [1.807, 2.05) is 36.5 Å². The summed E-state index contributed by atoms with van der Waals surface area (Å²) in [6.45, 7) is -0.0528. The van der Waals surface area contributed by atoms with Crippen LogP contribution in [0.3, 0.4) is 0 Å². The zero-order valence-electron chi connectivity index (χ0n) is 7.73. The Bertz CT molecular complexity index is 395. The second-order valence-corrected chi connectivity index (χ2v) is 3.05. The summed E-state index contributed by atoms with van der Waals surface area (Å²) in [5, 5.41) is 4.06. The van der Waals surface area contributed by atoms with Crippen molar-refractivity contribution in [2.75, 3.05) is 6.67 Å². The molecule has 0 saturated heterocycles. The third kappa shape index (κ3) is 1.82. The van der Waals surface area contributed by atoms with Gasteiger partial charge in [-0.15, -0.1) is 0 Å². The Labute approximate surface area is 82.0 Å². The minimum Gasteiger partial charge on any atom is -0.269 e. The largest absolute Gasteiger partial charge is 0.269 e. The van der Waals surface area contributed by atoms with Crippen molar-refractivity contribution in [3.63, 3.8) is 0 Å². The fraction of sp³-hybridized carbons (Fsp3) is 0.182. The molecule has 0 unspecified atom stereocenters. The van der Waals surface area contributed by atoms with Crippen molar-refractivity contribution in [1.82, 2.24) is 9.78 Å². The molecule has 0 atom stereocenters. The van der Waals surface area contributed by atoms with Crippen LogP contribution in [0.25, 0.3) is 11.1 Å². The van der Waals surface area contributed by atoms with Gasteiger partial charge in [0.25, 0.3) is 0 Å². The van der Waals surface area contributed by atoms with E-state index in [9.17, 15) is 4.39 Å². The van der Waals surface area contributed by atoms with Gasteiger partial charge in [-0.1, -0.05) is 30.3 Å². The molecule has 2 nitrogen and oxygen atoms in total. The van der Waals surface area contributed by atoms with E-state index in [1.165, 1.54) is 0 Å². The molecule has 14 heavy (non-hydrogen) atoms. The standard InChI is InChI=1S/C11H11FN2/c12-6-7-14-9-11(8-13-14)10-4-2-1-3-5-10/h1-5,8-9H,6-7H2. The summed E-state index contributed by atoms with van der Waals surface area (Å²) in [6.07, 6.45) is 3.61. The van der Waals surface area contributed by atoms with E-state index < -0.39 is 0 Å². The van der Waals surface area contributed by atoms with Crippen molar-refractivity contribution >= 4 is 0 Å². The minimum atomic E-state index is -0.379. The van der Waals surface area contributed by atoms with Crippen LogP contribution < -0.4 is 0 Å². The van der Waals surface area contributed by atoms with E-state index in [1.54, 1.807) is 10.9 Å². The van der Waals surface area contributed by atoms with Crippen LogP contribution in [0, 0.1) is 0 Å². The average molecular weight is 190 g/mol. The summed E-state index contributed by atoms with van der Waals surface area (Å²) < 4.78 is 13.6. The number of rotatable bonds is 3. The van der Waals surface area contributed by atoms with E-state index in [0.29, 0.717) is 6.54 Å². The second-order valence-electron chi connectivity index (χ2n) is 3.05. The van der Waals surface area contributed by atoms with Gasteiger partial charge in [0.05, 0.1) is 12.7 Å². The highest BCUT2D eigenvalue weighted by Crippen LogP contribution is 2.17. The third-order valence-corrected chi connectivity index (χ3v) is 2.05. The molecule has 1 aromatic heterocycles. The van der Waals surface area contributed by atoms with Crippen LogP contribution in [0.2, 0.25) is 0 Å². The summed E-state index contributed by atoms with van der Waals surface area (Å²) in [4.78, 5) is 0. The van der Waals surface area contributed by atoms with E-state index >= 15 is 0 Å². The molecule has 72 valence electrons. The highest BCUT2D eigenvalue weighted by molar-refractivity contribution is 5.61. The number of hydrogen-bond donors (Lipinski definition) is 0. The van der Waals surface area contributed by atoms with Gasteiger partial charge in [-0.2, -0.15) is 5.10 Å². The molecule has 0 bridgehead atoms. The highest BCUT2D eigenvalue weighted by atomic mass is 19.1. The van der Waals surface area contributed by atoms with Crippen LogP contribution in [0.5, 0.6) is 0 Å². The molecule has 0 amide bonds. The maximum atomic E-state index is 12.0. The van der Waals surface area contributed by atoms with Crippen LogP contribution in [0.15, 0.2) is 42.7 Å². The zero-order valence-corrected chi connectivity index (χ0v) is 7.73. The predicted octanol–water partition coefficient (Wildman–Crippen LogP) is 2.52. The van der Waals surface area contributed by atoms with Gasteiger partial charge in [-0.25, -0.2) is 4.39 Å². The fourth-order valence-electron chi connectivity index (χ4n) is 1.35. The van der Waals surface area contributed by atoms with Crippen LogP contribution in [-0.2, 0) is 6.54 Å². The maximum absolute atomic E-state index is 12.0. The Hall–Kier alpha value is -1.64. The lowest BCUT2D eigenvalue weighted by Gasteiger charge is -1.95. The Balaban J connectivity index is 2.25. The summed E-state index contributed by atoms with van der Waals surface area (Å²) >= 11 is 0. The van der Waals surface area contributed by atoms with Crippen molar-refractivity contribution in [3.8, 4) is 11.1 Å². The fourth-order valence-corrected chi connectivity index (χ4v) is 1.35. The molecule has 1 aromatic carbocycles. The molecule has 0 aliphatic carbocycles. The molecule has 0 N–H and O–H groups in total. The molecule has 2 rings (SSSR count). The van der Waals surface area contributed by atoms with E-state index in [0.717, 1.165) is 11.1 Å². The van der Waals surface area contributed by atoms with E-state index in [2.05, 4.69) is 5.10 Å². The lowest BCUT2D eigenvalue weighted by atomic mass is 10.1. The van der Waals surface area contributed by atoms with Gasteiger partial charge in [0.15, 0.2) is 0 Å². The van der Waals surface area contributed by atoms with Crippen LogP contribution in [0.1, 0.15) is 0 Å². The van der Waals surface area contributed by atoms with Crippen molar-refractivity contribution in [3.05, 3.63) is 42.7 Å². The number of aromatic nitrogens is 2. The monoisotopic (exact) mass is 190 g/mol. The van der Waals surface area contributed by atoms with Crippen molar-refractivity contribution in [2.24, 2.45) is 0 Å². The molecule has 0 aliphatic heterocycles. The number of alkyl halides is 1. The number of benzene rings is 1. The molecular formula is C11H11FN2. The molecule has 3 heteroatoms. The summed E-state index contributed by atoms with van der Waals surface area (Å²) in [6, 6.07) is 9.94. The molecule has 0 fully saturated rings. The topological polar surface area (TPSA) is 17.8 Å². The first-order valence-electron chi connectivity index (χ1n) is 4.54. The highest BCUT2D eigenvalue weighted by Gasteiger charge is 1.99. The van der Waals surface area contributed by atoms with Gasteiger partial charge in [0.1, 0.15) is 6.67 Å². The zero-order chi connectivity index (χ0) is 9.80. The number of halogens is 1. The van der Waals surface area contributed by atoms with Crippen LogP contribution >= 0.6 is 0 Å². The number of nitrogens with zero attached hydrogens (tertiary/aromatic N) is 2.